The van der Waals surface area contributed by atoms with Crippen molar-refractivity contribution in [2.75, 3.05) is 0 Å². The minimum absolute atomic E-state index is 0.0509. The monoisotopic (exact) mass is 265 g/mol. The van der Waals surface area contributed by atoms with Crippen molar-refractivity contribution in [2.24, 2.45) is 5.73 Å². The molecule has 7 heteroatoms. The third kappa shape index (κ3) is 4.06. The fourth-order valence-electron chi connectivity index (χ4n) is 1.68. The first-order valence-corrected chi connectivity index (χ1v) is 5.57. The van der Waals surface area contributed by atoms with Crippen LogP contribution in [-0.2, 0) is 4.79 Å². The molecule has 0 aromatic heterocycles. The van der Waals surface area contributed by atoms with E-state index in [1.54, 1.807) is 13.8 Å². The largest absolute Gasteiger partial charge is 0.370 e. The van der Waals surface area contributed by atoms with Gasteiger partial charge in [0, 0.05) is 18.0 Å². The number of nitrogens with two attached hydrogens (primary N) is 1. The SMILES string of the molecule is CC(C)(CC(N)=O)NC(=O)c1ccccc1[N+](=O)[O-]. The Morgan fingerprint density at radius 1 is 1.37 bits per heavy atom. The molecule has 0 saturated heterocycles. The average molecular weight is 265 g/mol. The molecule has 0 saturated carbocycles. The summed E-state index contributed by atoms with van der Waals surface area (Å²) in [5.74, 6) is -1.17. The number of para-hydroxylation sites is 1. The summed E-state index contributed by atoms with van der Waals surface area (Å²) >= 11 is 0. The highest BCUT2D eigenvalue weighted by Crippen LogP contribution is 2.19. The van der Waals surface area contributed by atoms with E-state index in [4.69, 9.17) is 5.73 Å². The molecule has 0 spiro atoms. The molecule has 0 heterocycles. The number of carbonyl (C=O) groups excluding carboxylic acids is 2. The van der Waals surface area contributed by atoms with Gasteiger partial charge >= 0.3 is 0 Å². The van der Waals surface area contributed by atoms with E-state index in [-0.39, 0.29) is 17.7 Å². The van der Waals surface area contributed by atoms with Gasteiger partial charge in [-0.05, 0) is 19.9 Å². The van der Waals surface area contributed by atoms with Gasteiger partial charge in [-0.15, -0.1) is 0 Å². The zero-order valence-corrected chi connectivity index (χ0v) is 10.7. The number of nitro groups is 1. The number of carbonyl (C=O) groups is 2. The van der Waals surface area contributed by atoms with E-state index in [0.29, 0.717) is 0 Å². The van der Waals surface area contributed by atoms with Gasteiger partial charge in [0.05, 0.1) is 4.92 Å². The van der Waals surface area contributed by atoms with Crippen LogP contribution >= 0.6 is 0 Å². The predicted molar refractivity (Wildman–Crippen MR) is 68.5 cm³/mol. The quantitative estimate of drug-likeness (QED) is 0.609. The maximum Gasteiger partial charge on any atom is 0.282 e. The van der Waals surface area contributed by atoms with Crippen LogP contribution in [0.3, 0.4) is 0 Å². The Kier molecular flexibility index (Phi) is 4.21. The zero-order valence-electron chi connectivity index (χ0n) is 10.7. The van der Waals surface area contributed by atoms with Crippen LogP contribution in [0.15, 0.2) is 24.3 Å². The van der Waals surface area contributed by atoms with E-state index < -0.39 is 22.3 Å². The van der Waals surface area contributed by atoms with Gasteiger partial charge in [-0.25, -0.2) is 0 Å². The third-order valence-electron chi connectivity index (χ3n) is 2.41. The highest BCUT2D eigenvalue weighted by molar-refractivity contribution is 5.98. The second kappa shape index (κ2) is 5.47. The molecule has 1 rings (SSSR count). The summed E-state index contributed by atoms with van der Waals surface area (Å²) in [5, 5.41) is 13.4. The van der Waals surface area contributed by atoms with Crippen LogP contribution in [0.4, 0.5) is 5.69 Å². The van der Waals surface area contributed by atoms with Gasteiger partial charge in [0.25, 0.3) is 11.6 Å². The lowest BCUT2D eigenvalue weighted by Crippen LogP contribution is -2.46. The summed E-state index contributed by atoms with van der Waals surface area (Å²) in [6, 6.07) is 5.61. The fraction of sp³-hybridized carbons (Fsp3) is 0.333. The van der Waals surface area contributed by atoms with Crippen molar-refractivity contribution >= 4 is 17.5 Å². The summed E-state index contributed by atoms with van der Waals surface area (Å²) < 4.78 is 0. The molecule has 102 valence electrons. The Balaban J connectivity index is 2.96. The summed E-state index contributed by atoms with van der Waals surface area (Å²) in [6.45, 7) is 3.23. The number of hydrogen-bond acceptors (Lipinski definition) is 4. The number of rotatable bonds is 5. The molecular formula is C12H15N3O4. The molecule has 7 nitrogen and oxygen atoms in total. The number of primary amides is 1. The molecule has 0 aliphatic rings. The molecule has 0 radical (unpaired) electrons. The number of benzene rings is 1. The molecule has 1 aromatic carbocycles. The van der Waals surface area contributed by atoms with Crippen LogP contribution in [0.1, 0.15) is 30.6 Å². The van der Waals surface area contributed by atoms with Crippen LogP contribution in [0.2, 0.25) is 0 Å². The van der Waals surface area contributed by atoms with Crippen LogP contribution in [0.25, 0.3) is 0 Å². The Morgan fingerprint density at radius 2 is 1.95 bits per heavy atom. The fourth-order valence-corrected chi connectivity index (χ4v) is 1.68. The van der Waals surface area contributed by atoms with Gasteiger partial charge in [-0.2, -0.15) is 0 Å². The first-order valence-electron chi connectivity index (χ1n) is 5.57. The Hall–Kier alpha value is -2.44. The summed E-state index contributed by atoms with van der Waals surface area (Å²) in [6.07, 6.45) is -0.0562. The zero-order chi connectivity index (χ0) is 14.6. The Morgan fingerprint density at radius 3 is 2.47 bits per heavy atom. The van der Waals surface area contributed by atoms with Crippen molar-refractivity contribution in [3.63, 3.8) is 0 Å². The lowest BCUT2D eigenvalue weighted by atomic mass is 9.99. The van der Waals surface area contributed by atoms with Crippen LogP contribution in [0.5, 0.6) is 0 Å². The first kappa shape index (κ1) is 14.6. The maximum atomic E-state index is 12.0. The third-order valence-corrected chi connectivity index (χ3v) is 2.41. The lowest BCUT2D eigenvalue weighted by molar-refractivity contribution is -0.385. The Labute approximate surface area is 109 Å². The summed E-state index contributed by atoms with van der Waals surface area (Å²) in [4.78, 5) is 33.1. The molecule has 19 heavy (non-hydrogen) atoms. The molecule has 0 fully saturated rings. The minimum atomic E-state index is -0.868. The van der Waals surface area contributed by atoms with Gasteiger partial charge in [0.2, 0.25) is 5.91 Å². The number of amides is 2. The molecule has 2 amide bonds. The standard InChI is InChI=1S/C12H15N3O4/c1-12(2,7-10(13)16)14-11(17)8-5-3-4-6-9(8)15(18)19/h3-6H,7H2,1-2H3,(H2,13,16)(H,14,17). The van der Waals surface area contributed by atoms with Crippen molar-refractivity contribution in [1.29, 1.82) is 0 Å². The van der Waals surface area contributed by atoms with Gasteiger partial charge in [-0.3, -0.25) is 19.7 Å². The van der Waals surface area contributed by atoms with Crippen LogP contribution < -0.4 is 11.1 Å². The normalized spacial score (nSPS) is 10.8. The molecule has 3 N–H and O–H groups in total. The predicted octanol–water partition coefficient (Wildman–Crippen LogP) is 0.979. The second-order valence-electron chi connectivity index (χ2n) is 4.76. The van der Waals surface area contributed by atoms with Gasteiger partial charge in [-0.1, -0.05) is 12.1 Å². The van der Waals surface area contributed by atoms with Crippen LogP contribution in [-0.4, -0.2) is 22.3 Å². The summed E-state index contributed by atoms with van der Waals surface area (Å²) in [5.41, 5.74) is 3.87. The summed E-state index contributed by atoms with van der Waals surface area (Å²) in [7, 11) is 0. The average Bonchev–Trinajstić information content (AvgIpc) is 2.26. The van der Waals surface area contributed by atoms with Crippen molar-refractivity contribution < 1.29 is 14.5 Å². The number of hydrogen-bond donors (Lipinski definition) is 2. The highest BCUT2D eigenvalue weighted by atomic mass is 16.6. The molecule has 0 bridgehead atoms. The highest BCUT2D eigenvalue weighted by Gasteiger charge is 2.26. The number of nitrogens with one attached hydrogen (secondary N) is 1. The van der Waals surface area contributed by atoms with E-state index in [0.717, 1.165) is 0 Å². The van der Waals surface area contributed by atoms with Crippen molar-refractivity contribution in [2.45, 2.75) is 25.8 Å². The van der Waals surface area contributed by atoms with Crippen molar-refractivity contribution in [3.8, 4) is 0 Å². The van der Waals surface area contributed by atoms with Crippen molar-refractivity contribution in [3.05, 3.63) is 39.9 Å². The van der Waals surface area contributed by atoms with E-state index in [2.05, 4.69) is 5.32 Å². The molecule has 1 aromatic rings. The van der Waals surface area contributed by atoms with Gasteiger partial charge in [0.1, 0.15) is 5.56 Å². The van der Waals surface area contributed by atoms with E-state index >= 15 is 0 Å². The van der Waals surface area contributed by atoms with Crippen molar-refractivity contribution in [1.82, 2.24) is 5.32 Å². The van der Waals surface area contributed by atoms with Crippen LogP contribution in [0, 0.1) is 10.1 Å². The van der Waals surface area contributed by atoms with E-state index in [1.165, 1.54) is 24.3 Å². The van der Waals surface area contributed by atoms with Gasteiger partial charge < -0.3 is 11.1 Å². The first-order chi connectivity index (χ1) is 8.73. The number of nitrogens with zero attached hydrogens (tertiary/aromatic N) is 1. The topological polar surface area (TPSA) is 115 Å². The Bertz CT molecular complexity index is 525. The van der Waals surface area contributed by atoms with E-state index in [1.807, 2.05) is 0 Å². The second-order valence-corrected chi connectivity index (χ2v) is 4.76. The minimum Gasteiger partial charge on any atom is -0.370 e. The molecule has 0 atom stereocenters. The number of nitro benzene ring substituents is 1. The lowest BCUT2D eigenvalue weighted by Gasteiger charge is -2.24. The van der Waals surface area contributed by atoms with Gasteiger partial charge in [0.15, 0.2) is 0 Å². The molecule has 0 aliphatic heterocycles. The smallest absolute Gasteiger partial charge is 0.282 e. The molecule has 0 aliphatic carbocycles. The molecular weight excluding hydrogens is 250 g/mol. The van der Waals surface area contributed by atoms with E-state index in [9.17, 15) is 19.7 Å². The molecule has 0 unspecified atom stereocenters. The maximum absolute atomic E-state index is 12.0.